The average molecular weight is 336 g/mol. The van der Waals surface area contributed by atoms with Crippen LogP contribution in [0, 0.1) is 0 Å². The molecule has 1 aliphatic carbocycles. The van der Waals surface area contributed by atoms with Gasteiger partial charge in [-0.2, -0.15) is 0 Å². The predicted octanol–water partition coefficient (Wildman–Crippen LogP) is 3.39. The molecule has 2 fully saturated rings. The number of hydrogen-bond acceptors (Lipinski definition) is 4. The topological polar surface area (TPSA) is 58.1 Å². The molecule has 1 aromatic heterocycles. The fourth-order valence-electron chi connectivity index (χ4n) is 4.27. The van der Waals surface area contributed by atoms with Gasteiger partial charge in [0.05, 0.1) is 0 Å². The van der Waals surface area contributed by atoms with E-state index in [-0.39, 0.29) is 5.54 Å². The predicted molar refractivity (Wildman–Crippen MR) is 96.9 cm³/mol. The molecule has 2 aliphatic rings. The highest BCUT2D eigenvalue weighted by Gasteiger charge is 2.46. The van der Waals surface area contributed by atoms with Crippen molar-refractivity contribution in [1.82, 2.24) is 14.9 Å². The number of nitrogens with one attached hydrogen (secondary N) is 1. The van der Waals surface area contributed by atoms with Gasteiger partial charge in [0.15, 0.2) is 0 Å². The van der Waals surface area contributed by atoms with Gasteiger partial charge in [-0.1, -0.05) is 30.3 Å². The molecular weight excluding hydrogens is 312 g/mol. The van der Waals surface area contributed by atoms with Crippen molar-refractivity contribution in [2.24, 2.45) is 0 Å². The number of anilines is 1. The molecule has 0 unspecified atom stereocenters. The zero-order chi connectivity index (χ0) is 17.1. The van der Waals surface area contributed by atoms with Crippen molar-refractivity contribution < 1.29 is 4.79 Å². The third-order valence-electron chi connectivity index (χ3n) is 5.68. The largest absolute Gasteiger partial charge is 0.351 e. The quantitative estimate of drug-likeness (QED) is 0.930. The highest BCUT2D eigenvalue weighted by Crippen LogP contribution is 2.43. The first kappa shape index (κ1) is 16.1. The summed E-state index contributed by atoms with van der Waals surface area (Å²) in [7, 11) is 0. The van der Waals surface area contributed by atoms with Crippen LogP contribution in [0.4, 0.5) is 5.95 Å². The molecule has 0 radical (unpaired) electrons. The van der Waals surface area contributed by atoms with Gasteiger partial charge in [-0.05, 0) is 43.7 Å². The molecule has 25 heavy (non-hydrogen) atoms. The molecule has 1 saturated heterocycles. The Labute approximate surface area is 148 Å². The lowest BCUT2D eigenvalue weighted by Gasteiger charge is -2.44. The van der Waals surface area contributed by atoms with Crippen LogP contribution in [0.3, 0.4) is 0 Å². The fourth-order valence-corrected chi connectivity index (χ4v) is 4.27. The number of hydrogen-bond donors (Lipinski definition) is 1. The second-order valence-corrected chi connectivity index (χ2v) is 7.18. The summed E-state index contributed by atoms with van der Waals surface area (Å²) in [5.41, 5.74) is 1.26. The van der Waals surface area contributed by atoms with E-state index in [4.69, 9.17) is 0 Å². The number of rotatable bonds is 4. The van der Waals surface area contributed by atoms with Crippen LogP contribution in [-0.2, 0) is 11.3 Å². The molecule has 4 rings (SSSR count). The Hall–Kier alpha value is -2.43. The smallest absolute Gasteiger partial charge is 0.223 e. The molecule has 2 aromatic rings. The highest BCUT2D eigenvalue weighted by atomic mass is 16.2. The first-order chi connectivity index (χ1) is 12.3. The summed E-state index contributed by atoms with van der Waals surface area (Å²) < 4.78 is 0. The van der Waals surface area contributed by atoms with Crippen LogP contribution in [-0.4, -0.2) is 32.4 Å². The molecule has 5 nitrogen and oxygen atoms in total. The SMILES string of the molecule is O=C1CCC2(CCC(Nc3ncccn3)CC2)N1Cc1ccccc1. The zero-order valence-electron chi connectivity index (χ0n) is 14.4. The lowest BCUT2D eigenvalue weighted by atomic mass is 9.77. The molecule has 1 N–H and O–H groups in total. The summed E-state index contributed by atoms with van der Waals surface area (Å²) in [6.45, 7) is 0.736. The lowest BCUT2D eigenvalue weighted by molar-refractivity contribution is -0.133. The molecule has 0 atom stereocenters. The van der Waals surface area contributed by atoms with Crippen molar-refractivity contribution in [3.8, 4) is 0 Å². The van der Waals surface area contributed by atoms with Gasteiger partial charge in [-0.3, -0.25) is 4.79 Å². The van der Waals surface area contributed by atoms with Gasteiger partial charge in [0.25, 0.3) is 0 Å². The molecular formula is C20H24N4O. The molecule has 130 valence electrons. The Morgan fingerprint density at radius 1 is 1.04 bits per heavy atom. The van der Waals surface area contributed by atoms with Crippen molar-refractivity contribution in [1.29, 1.82) is 0 Å². The van der Waals surface area contributed by atoms with Crippen molar-refractivity contribution >= 4 is 11.9 Å². The van der Waals surface area contributed by atoms with E-state index in [2.05, 4.69) is 32.3 Å². The van der Waals surface area contributed by atoms with E-state index >= 15 is 0 Å². The molecule has 1 saturated carbocycles. The van der Waals surface area contributed by atoms with E-state index in [1.165, 1.54) is 5.56 Å². The number of nitrogens with zero attached hydrogens (tertiary/aromatic N) is 3. The van der Waals surface area contributed by atoms with Crippen LogP contribution < -0.4 is 5.32 Å². The number of carbonyl (C=O) groups excluding carboxylic acids is 1. The van der Waals surface area contributed by atoms with Gasteiger partial charge < -0.3 is 10.2 Å². The normalized spacial score (nSPS) is 26.2. The summed E-state index contributed by atoms with van der Waals surface area (Å²) in [6, 6.07) is 12.5. The van der Waals surface area contributed by atoms with Crippen LogP contribution in [0.15, 0.2) is 48.8 Å². The van der Waals surface area contributed by atoms with Gasteiger partial charge in [-0.15, -0.1) is 0 Å². The van der Waals surface area contributed by atoms with Crippen molar-refractivity contribution in [3.63, 3.8) is 0 Å². The standard InChI is InChI=1S/C20H24N4O/c25-18-9-12-20(24(18)15-16-5-2-1-3-6-16)10-7-17(8-11-20)23-19-21-13-4-14-22-19/h1-6,13-14,17H,7-12,15H2,(H,21,22,23). The van der Waals surface area contributed by atoms with E-state index in [0.29, 0.717) is 24.3 Å². The number of aromatic nitrogens is 2. The van der Waals surface area contributed by atoms with Crippen LogP contribution in [0.2, 0.25) is 0 Å². The minimum Gasteiger partial charge on any atom is -0.351 e. The Morgan fingerprint density at radius 3 is 2.48 bits per heavy atom. The number of likely N-dealkylation sites (tertiary alicyclic amines) is 1. The van der Waals surface area contributed by atoms with Crippen molar-refractivity contribution in [2.75, 3.05) is 5.32 Å². The fraction of sp³-hybridized carbons (Fsp3) is 0.450. The van der Waals surface area contributed by atoms with Crippen LogP contribution in [0.5, 0.6) is 0 Å². The summed E-state index contributed by atoms with van der Waals surface area (Å²) in [4.78, 5) is 23.2. The first-order valence-electron chi connectivity index (χ1n) is 9.13. The number of carbonyl (C=O) groups is 1. The molecule has 2 heterocycles. The summed E-state index contributed by atoms with van der Waals surface area (Å²) in [6.07, 6.45) is 9.41. The molecule has 1 aliphatic heterocycles. The summed E-state index contributed by atoms with van der Waals surface area (Å²) >= 11 is 0. The second-order valence-electron chi connectivity index (χ2n) is 7.18. The molecule has 1 spiro atoms. The highest BCUT2D eigenvalue weighted by molar-refractivity contribution is 5.79. The Bertz CT molecular complexity index is 711. The third-order valence-corrected chi connectivity index (χ3v) is 5.68. The van der Waals surface area contributed by atoms with E-state index in [9.17, 15) is 4.79 Å². The van der Waals surface area contributed by atoms with Gasteiger partial charge in [0.1, 0.15) is 0 Å². The molecule has 1 amide bonds. The average Bonchev–Trinajstić information content (AvgIpc) is 2.95. The Morgan fingerprint density at radius 2 is 1.76 bits per heavy atom. The molecule has 0 bridgehead atoms. The van der Waals surface area contributed by atoms with E-state index in [1.807, 2.05) is 24.3 Å². The van der Waals surface area contributed by atoms with Crippen LogP contribution >= 0.6 is 0 Å². The van der Waals surface area contributed by atoms with E-state index in [0.717, 1.165) is 38.6 Å². The number of benzene rings is 1. The number of amides is 1. The van der Waals surface area contributed by atoms with Gasteiger partial charge in [0.2, 0.25) is 11.9 Å². The second kappa shape index (κ2) is 6.82. The minimum atomic E-state index is 0.0443. The lowest BCUT2D eigenvalue weighted by Crippen LogP contribution is -2.49. The van der Waals surface area contributed by atoms with Crippen molar-refractivity contribution in [2.45, 2.75) is 56.7 Å². The maximum atomic E-state index is 12.5. The van der Waals surface area contributed by atoms with Crippen molar-refractivity contribution in [3.05, 3.63) is 54.4 Å². The molecule has 1 aromatic carbocycles. The maximum Gasteiger partial charge on any atom is 0.223 e. The zero-order valence-corrected chi connectivity index (χ0v) is 14.4. The summed E-state index contributed by atoms with van der Waals surface area (Å²) in [5, 5.41) is 3.44. The third kappa shape index (κ3) is 3.36. The Balaban J connectivity index is 1.42. The molecule has 5 heteroatoms. The monoisotopic (exact) mass is 336 g/mol. The van der Waals surface area contributed by atoms with E-state index < -0.39 is 0 Å². The van der Waals surface area contributed by atoms with Crippen LogP contribution in [0.1, 0.15) is 44.1 Å². The van der Waals surface area contributed by atoms with Crippen LogP contribution in [0.25, 0.3) is 0 Å². The summed E-state index contributed by atoms with van der Waals surface area (Å²) in [5.74, 6) is 1.01. The van der Waals surface area contributed by atoms with E-state index in [1.54, 1.807) is 12.4 Å². The van der Waals surface area contributed by atoms with Gasteiger partial charge in [-0.25, -0.2) is 9.97 Å². The van der Waals surface area contributed by atoms with Gasteiger partial charge >= 0.3 is 0 Å². The Kier molecular flexibility index (Phi) is 4.38. The van der Waals surface area contributed by atoms with Gasteiger partial charge in [0, 0.05) is 36.9 Å². The minimum absolute atomic E-state index is 0.0443. The first-order valence-corrected chi connectivity index (χ1v) is 9.13. The maximum absolute atomic E-state index is 12.5.